The predicted octanol–water partition coefficient (Wildman–Crippen LogP) is 4.95. The summed E-state index contributed by atoms with van der Waals surface area (Å²) in [6, 6.07) is 0. The van der Waals surface area contributed by atoms with Crippen LogP contribution in [-0.4, -0.2) is 69.9 Å². The highest BCUT2D eigenvalue weighted by molar-refractivity contribution is 14.1. The molecule has 0 saturated heterocycles. The highest BCUT2D eigenvalue weighted by Gasteiger charge is 2.02. The van der Waals surface area contributed by atoms with Crippen LogP contribution in [-0.2, 0) is 28.5 Å². The van der Waals surface area contributed by atoms with E-state index in [1.165, 1.54) is 43.0 Å². The minimum atomic E-state index is -0.126. The molecule has 0 fully saturated rings. The minimum Gasteiger partial charge on any atom is -0.463 e. The predicted molar refractivity (Wildman–Crippen MR) is 125 cm³/mol. The lowest BCUT2D eigenvalue weighted by Crippen LogP contribution is -2.14. The summed E-state index contributed by atoms with van der Waals surface area (Å²) in [6.45, 7) is 7.11. The molecular formula is C22H43IO6. The second-order valence-electron chi connectivity index (χ2n) is 6.94. The van der Waals surface area contributed by atoms with E-state index in [2.05, 4.69) is 29.5 Å². The van der Waals surface area contributed by atoms with E-state index in [1.54, 1.807) is 0 Å². The van der Waals surface area contributed by atoms with Crippen LogP contribution in [0.2, 0.25) is 0 Å². The van der Waals surface area contributed by atoms with Gasteiger partial charge in [-0.3, -0.25) is 4.79 Å². The molecule has 0 saturated carbocycles. The molecular weight excluding hydrogens is 487 g/mol. The first-order valence-corrected chi connectivity index (χ1v) is 12.9. The van der Waals surface area contributed by atoms with Gasteiger partial charge >= 0.3 is 5.97 Å². The molecule has 0 amide bonds. The Kier molecular flexibility index (Phi) is 26.1. The number of carbonyl (C=O) groups excluding carboxylic acids is 1. The number of rotatable bonds is 24. The van der Waals surface area contributed by atoms with Crippen LogP contribution >= 0.6 is 22.6 Å². The molecule has 7 heteroatoms. The monoisotopic (exact) mass is 530 g/mol. The van der Waals surface area contributed by atoms with Crippen molar-refractivity contribution >= 4 is 28.6 Å². The maximum absolute atomic E-state index is 11.5. The van der Waals surface area contributed by atoms with Crippen LogP contribution in [0.1, 0.15) is 71.1 Å². The third-order valence-electron chi connectivity index (χ3n) is 4.26. The normalized spacial score (nSPS) is 11.1. The van der Waals surface area contributed by atoms with Crippen molar-refractivity contribution in [3.05, 3.63) is 0 Å². The van der Waals surface area contributed by atoms with Crippen molar-refractivity contribution in [1.29, 1.82) is 0 Å². The fraction of sp³-hybridized carbons (Fsp3) is 0.955. The lowest BCUT2D eigenvalue weighted by molar-refractivity contribution is -0.145. The lowest BCUT2D eigenvalue weighted by atomic mass is 10.1. The van der Waals surface area contributed by atoms with Crippen molar-refractivity contribution in [3.63, 3.8) is 0 Å². The molecule has 0 aromatic rings. The maximum atomic E-state index is 11.5. The summed E-state index contributed by atoms with van der Waals surface area (Å²) in [5, 5.41) is 0. The molecule has 0 aliphatic heterocycles. The van der Waals surface area contributed by atoms with E-state index >= 15 is 0 Å². The standard InChI is InChI=1S/C22H43IO6/c1-2-3-4-5-8-11-22(24)29-21-20-28-19-18-27-17-16-26-15-14-25-13-10-7-6-9-12-23/h2-21H2,1H3. The highest BCUT2D eigenvalue weighted by atomic mass is 127. The fourth-order valence-electron chi connectivity index (χ4n) is 2.57. The molecule has 0 aliphatic rings. The fourth-order valence-corrected chi connectivity index (χ4v) is 3.11. The summed E-state index contributed by atoms with van der Waals surface area (Å²) in [5.41, 5.74) is 0. The van der Waals surface area contributed by atoms with Crippen molar-refractivity contribution in [2.75, 3.05) is 63.9 Å². The van der Waals surface area contributed by atoms with Gasteiger partial charge in [0.1, 0.15) is 6.61 Å². The zero-order valence-corrected chi connectivity index (χ0v) is 20.6. The molecule has 0 aromatic heterocycles. The van der Waals surface area contributed by atoms with Crippen LogP contribution in [0.4, 0.5) is 0 Å². The largest absolute Gasteiger partial charge is 0.463 e. The average Bonchev–Trinajstić information content (AvgIpc) is 2.72. The molecule has 6 nitrogen and oxygen atoms in total. The average molecular weight is 530 g/mol. The van der Waals surface area contributed by atoms with Crippen LogP contribution < -0.4 is 0 Å². The molecule has 0 radical (unpaired) electrons. The van der Waals surface area contributed by atoms with Gasteiger partial charge < -0.3 is 23.7 Å². The van der Waals surface area contributed by atoms with Crippen molar-refractivity contribution in [2.24, 2.45) is 0 Å². The number of halogens is 1. The molecule has 29 heavy (non-hydrogen) atoms. The molecule has 0 spiro atoms. The maximum Gasteiger partial charge on any atom is 0.305 e. The van der Waals surface area contributed by atoms with Gasteiger partial charge in [-0.25, -0.2) is 0 Å². The topological polar surface area (TPSA) is 63.2 Å². The van der Waals surface area contributed by atoms with Crippen LogP contribution in [0, 0.1) is 0 Å². The van der Waals surface area contributed by atoms with E-state index < -0.39 is 0 Å². The molecule has 0 bridgehead atoms. The van der Waals surface area contributed by atoms with Gasteiger partial charge in [0, 0.05) is 13.0 Å². The number of carbonyl (C=O) groups is 1. The van der Waals surface area contributed by atoms with E-state index in [4.69, 9.17) is 23.7 Å². The Labute approximate surface area is 191 Å². The van der Waals surface area contributed by atoms with Crippen LogP contribution in [0.15, 0.2) is 0 Å². The van der Waals surface area contributed by atoms with Crippen molar-refractivity contribution < 1.29 is 28.5 Å². The van der Waals surface area contributed by atoms with Crippen LogP contribution in [0.5, 0.6) is 0 Å². The Morgan fingerprint density at radius 1 is 0.586 bits per heavy atom. The number of unbranched alkanes of at least 4 members (excludes halogenated alkanes) is 7. The van der Waals surface area contributed by atoms with Crippen molar-refractivity contribution in [2.45, 2.75) is 71.1 Å². The van der Waals surface area contributed by atoms with E-state index in [0.717, 1.165) is 25.9 Å². The number of ether oxygens (including phenoxy) is 5. The van der Waals surface area contributed by atoms with Gasteiger partial charge in [-0.1, -0.05) is 68.0 Å². The number of hydrogen-bond acceptors (Lipinski definition) is 6. The highest BCUT2D eigenvalue weighted by Crippen LogP contribution is 2.05. The van der Waals surface area contributed by atoms with E-state index in [9.17, 15) is 4.79 Å². The van der Waals surface area contributed by atoms with Crippen molar-refractivity contribution in [1.82, 2.24) is 0 Å². The van der Waals surface area contributed by atoms with Crippen LogP contribution in [0.25, 0.3) is 0 Å². The third-order valence-corrected chi connectivity index (χ3v) is 5.03. The summed E-state index contributed by atoms with van der Waals surface area (Å²) >= 11 is 2.42. The first-order valence-electron chi connectivity index (χ1n) is 11.3. The number of esters is 1. The van der Waals surface area contributed by atoms with Crippen LogP contribution in [0.3, 0.4) is 0 Å². The Bertz CT molecular complexity index is 330. The Balaban J connectivity index is 3.08. The zero-order valence-electron chi connectivity index (χ0n) is 18.5. The Morgan fingerprint density at radius 3 is 1.66 bits per heavy atom. The number of alkyl halides is 1. The second kappa shape index (κ2) is 26.1. The molecule has 0 aliphatic carbocycles. The first-order chi connectivity index (χ1) is 14.3. The van der Waals surface area contributed by atoms with Gasteiger partial charge in [-0.2, -0.15) is 0 Å². The third kappa shape index (κ3) is 26.0. The molecule has 0 aromatic carbocycles. The quantitative estimate of drug-likeness (QED) is 0.0762. The molecule has 174 valence electrons. The smallest absolute Gasteiger partial charge is 0.305 e. The van der Waals surface area contributed by atoms with Gasteiger partial charge in [0.25, 0.3) is 0 Å². The molecule has 0 rings (SSSR count). The second-order valence-corrected chi connectivity index (χ2v) is 8.02. The summed E-state index contributed by atoms with van der Waals surface area (Å²) < 4.78 is 28.2. The van der Waals surface area contributed by atoms with E-state index in [-0.39, 0.29) is 5.97 Å². The van der Waals surface area contributed by atoms with Gasteiger partial charge in [0.15, 0.2) is 0 Å². The Hall–Kier alpha value is 0.0400. The minimum absolute atomic E-state index is 0.126. The zero-order chi connectivity index (χ0) is 21.3. The molecule has 0 heterocycles. The molecule has 0 unspecified atom stereocenters. The van der Waals surface area contributed by atoms with Gasteiger partial charge in [0.05, 0.1) is 46.2 Å². The summed E-state index contributed by atoms with van der Waals surface area (Å²) in [4.78, 5) is 11.5. The van der Waals surface area contributed by atoms with Gasteiger partial charge in [-0.15, -0.1) is 0 Å². The molecule has 0 atom stereocenters. The van der Waals surface area contributed by atoms with Crippen molar-refractivity contribution in [3.8, 4) is 0 Å². The van der Waals surface area contributed by atoms with Gasteiger partial charge in [0.2, 0.25) is 0 Å². The number of hydrogen-bond donors (Lipinski definition) is 0. The molecule has 0 N–H and O–H groups in total. The summed E-state index contributed by atoms with van der Waals surface area (Å²) in [6.07, 6.45) is 11.2. The van der Waals surface area contributed by atoms with Gasteiger partial charge in [-0.05, 0) is 23.7 Å². The first kappa shape index (κ1) is 29.0. The lowest BCUT2D eigenvalue weighted by Gasteiger charge is -2.08. The summed E-state index contributed by atoms with van der Waals surface area (Å²) in [7, 11) is 0. The van der Waals surface area contributed by atoms with E-state index in [0.29, 0.717) is 59.3 Å². The Morgan fingerprint density at radius 2 is 1.07 bits per heavy atom. The SMILES string of the molecule is CCCCCCCC(=O)OCCOCCOCCOCCOCCCCCCI. The summed E-state index contributed by atoms with van der Waals surface area (Å²) in [5.74, 6) is -0.126. The van der Waals surface area contributed by atoms with E-state index in [1.807, 2.05) is 0 Å².